The number of fused-ring (bicyclic) bond motifs is 2. The van der Waals surface area contributed by atoms with Crippen molar-refractivity contribution in [2.75, 3.05) is 26.0 Å². The monoisotopic (exact) mass is 340 g/mol. The second-order valence-corrected chi connectivity index (χ2v) is 6.44. The van der Waals surface area contributed by atoms with Gasteiger partial charge in [-0.2, -0.15) is 5.10 Å². The van der Waals surface area contributed by atoms with E-state index in [1.165, 1.54) is 0 Å². The highest BCUT2D eigenvalue weighted by Gasteiger charge is 2.31. The molecule has 3 heterocycles. The second-order valence-electron chi connectivity index (χ2n) is 6.44. The van der Waals surface area contributed by atoms with Crippen LogP contribution in [-0.2, 0) is 24.2 Å². The molecule has 2 N–H and O–H groups in total. The van der Waals surface area contributed by atoms with Crippen molar-refractivity contribution in [1.82, 2.24) is 15.1 Å². The van der Waals surface area contributed by atoms with Crippen LogP contribution in [0, 0.1) is 5.92 Å². The van der Waals surface area contributed by atoms with Gasteiger partial charge in [0.1, 0.15) is 23.9 Å². The summed E-state index contributed by atoms with van der Waals surface area (Å²) in [6.45, 7) is 1.56. The van der Waals surface area contributed by atoms with Crippen LogP contribution in [0.25, 0.3) is 0 Å². The highest BCUT2D eigenvalue weighted by atomic mass is 16.5. The number of amides is 1. The lowest BCUT2D eigenvalue weighted by Gasteiger charge is -2.33. The number of nitrogens with two attached hydrogens (primary N) is 1. The lowest BCUT2D eigenvalue weighted by Crippen LogP contribution is -2.43. The van der Waals surface area contributed by atoms with Crippen molar-refractivity contribution >= 4 is 11.7 Å². The van der Waals surface area contributed by atoms with Crippen molar-refractivity contribution in [3.63, 3.8) is 0 Å². The van der Waals surface area contributed by atoms with Crippen LogP contribution in [0.15, 0.2) is 24.3 Å². The van der Waals surface area contributed by atoms with Crippen molar-refractivity contribution in [3.05, 3.63) is 41.1 Å². The number of aromatic nitrogens is 2. The van der Waals surface area contributed by atoms with Crippen LogP contribution in [0.1, 0.15) is 16.8 Å². The molecule has 0 spiro atoms. The van der Waals surface area contributed by atoms with Gasteiger partial charge < -0.3 is 20.1 Å². The summed E-state index contributed by atoms with van der Waals surface area (Å²) >= 11 is 0. The maximum Gasteiger partial charge on any atom is 0.229 e. The van der Waals surface area contributed by atoms with Crippen LogP contribution in [0.2, 0.25) is 0 Å². The van der Waals surface area contributed by atoms with E-state index in [4.69, 9.17) is 15.2 Å². The molecule has 0 radical (unpaired) electrons. The molecule has 0 bridgehead atoms. The third-order valence-corrected chi connectivity index (χ3v) is 4.80. The molecule has 1 atom stereocenters. The van der Waals surface area contributed by atoms with Gasteiger partial charge in [0.15, 0.2) is 0 Å². The molecule has 0 aliphatic carbocycles. The third kappa shape index (κ3) is 2.97. The second kappa shape index (κ2) is 6.23. The highest BCUT2D eigenvalue weighted by Crippen LogP contribution is 2.32. The average Bonchev–Trinajstić information content (AvgIpc) is 2.65. The first-order valence-electron chi connectivity index (χ1n) is 8.33. The first-order valence-corrected chi connectivity index (χ1v) is 8.33. The van der Waals surface area contributed by atoms with Crippen LogP contribution in [-0.4, -0.2) is 41.3 Å². The van der Waals surface area contributed by atoms with E-state index in [0.717, 1.165) is 28.3 Å². The number of hydrogen-bond donors (Lipinski definition) is 1. The van der Waals surface area contributed by atoms with Gasteiger partial charge in [0.25, 0.3) is 0 Å². The lowest BCUT2D eigenvalue weighted by molar-refractivity contribution is -0.137. The summed E-state index contributed by atoms with van der Waals surface area (Å²) in [4.78, 5) is 14.8. The fourth-order valence-corrected chi connectivity index (χ4v) is 3.43. The summed E-state index contributed by atoms with van der Waals surface area (Å²) in [7, 11) is 1.63. The van der Waals surface area contributed by atoms with E-state index < -0.39 is 0 Å². The molecular formula is C18H20N4O3. The largest absolute Gasteiger partial charge is 0.497 e. The zero-order valence-electron chi connectivity index (χ0n) is 14.1. The van der Waals surface area contributed by atoms with Crippen molar-refractivity contribution < 1.29 is 14.3 Å². The maximum absolute atomic E-state index is 12.9. The Morgan fingerprint density at radius 2 is 2.20 bits per heavy atom. The lowest BCUT2D eigenvalue weighted by atomic mass is 9.94. The molecule has 0 saturated heterocycles. The van der Waals surface area contributed by atoms with Gasteiger partial charge in [0, 0.05) is 25.6 Å². The topological polar surface area (TPSA) is 90.6 Å². The highest BCUT2D eigenvalue weighted by molar-refractivity contribution is 5.80. The summed E-state index contributed by atoms with van der Waals surface area (Å²) in [5.74, 6) is 1.89. The summed E-state index contributed by atoms with van der Waals surface area (Å²) in [6, 6.07) is 7.54. The SMILES string of the molecule is COc1ccc2c(c1)OCC(C(=O)N1CCc3nnc(N)cc3C1)C2. The van der Waals surface area contributed by atoms with E-state index in [1.807, 2.05) is 23.1 Å². The number of anilines is 1. The van der Waals surface area contributed by atoms with Crippen LogP contribution >= 0.6 is 0 Å². The molecule has 130 valence electrons. The van der Waals surface area contributed by atoms with Gasteiger partial charge >= 0.3 is 0 Å². The standard InChI is InChI=1S/C18H20N4O3/c1-24-14-3-2-11-6-13(10-25-16(11)8-14)18(23)22-5-4-15-12(9-22)7-17(19)21-20-15/h2-3,7-8,13H,4-6,9-10H2,1H3,(H2,19,21). The average molecular weight is 340 g/mol. The maximum atomic E-state index is 12.9. The Kier molecular flexibility index (Phi) is 3.91. The third-order valence-electron chi connectivity index (χ3n) is 4.80. The Balaban J connectivity index is 1.48. The number of carbonyl (C=O) groups excluding carboxylic acids is 1. The summed E-state index contributed by atoms with van der Waals surface area (Å²) in [6.07, 6.45) is 1.38. The quantitative estimate of drug-likeness (QED) is 0.883. The van der Waals surface area contributed by atoms with E-state index in [1.54, 1.807) is 13.2 Å². The van der Waals surface area contributed by atoms with E-state index in [2.05, 4.69) is 10.2 Å². The zero-order chi connectivity index (χ0) is 17.4. The number of methoxy groups -OCH3 is 1. The predicted molar refractivity (Wildman–Crippen MR) is 91.2 cm³/mol. The zero-order valence-corrected chi connectivity index (χ0v) is 14.1. The normalized spacial score (nSPS) is 18.8. The first kappa shape index (κ1) is 15.7. The molecule has 2 aromatic rings. The van der Waals surface area contributed by atoms with Gasteiger partial charge in [-0.25, -0.2) is 0 Å². The van der Waals surface area contributed by atoms with Crippen molar-refractivity contribution in [2.24, 2.45) is 5.92 Å². The van der Waals surface area contributed by atoms with Crippen LogP contribution in [0.3, 0.4) is 0 Å². The number of nitrogen functional groups attached to an aromatic ring is 1. The number of carbonyl (C=O) groups is 1. The smallest absolute Gasteiger partial charge is 0.229 e. The van der Waals surface area contributed by atoms with Gasteiger partial charge in [0.05, 0.1) is 18.7 Å². The molecule has 2 aliphatic heterocycles. The Labute approximate surface area is 145 Å². The van der Waals surface area contributed by atoms with Gasteiger partial charge in [0.2, 0.25) is 5.91 Å². The van der Waals surface area contributed by atoms with Crippen molar-refractivity contribution in [2.45, 2.75) is 19.4 Å². The molecule has 0 saturated carbocycles. The fourth-order valence-electron chi connectivity index (χ4n) is 3.43. The minimum atomic E-state index is -0.172. The first-order chi connectivity index (χ1) is 12.1. The fraction of sp³-hybridized carbons (Fsp3) is 0.389. The van der Waals surface area contributed by atoms with Gasteiger partial charge in [-0.15, -0.1) is 5.10 Å². The number of benzene rings is 1. The molecule has 4 rings (SSSR count). The molecule has 25 heavy (non-hydrogen) atoms. The van der Waals surface area contributed by atoms with Gasteiger partial charge in [-0.05, 0) is 29.7 Å². The Morgan fingerprint density at radius 1 is 1.32 bits per heavy atom. The van der Waals surface area contributed by atoms with Crippen LogP contribution in [0.5, 0.6) is 11.5 Å². The van der Waals surface area contributed by atoms with Gasteiger partial charge in [-0.1, -0.05) is 6.07 Å². The number of ether oxygens (including phenoxy) is 2. The van der Waals surface area contributed by atoms with Crippen molar-refractivity contribution in [3.8, 4) is 11.5 Å². The van der Waals surface area contributed by atoms with Gasteiger partial charge in [-0.3, -0.25) is 4.79 Å². The number of nitrogens with zero attached hydrogens (tertiary/aromatic N) is 3. The van der Waals surface area contributed by atoms with E-state index in [0.29, 0.717) is 38.4 Å². The molecule has 0 fully saturated rings. The molecule has 1 unspecified atom stereocenters. The van der Waals surface area contributed by atoms with E-state index >= 15 is 0 Å². The summed E-state index contributed by atoms with van der Waals surface area (Å²) in [5, 5.41) is 8.01. The molecular weight excluding hydrogens is 320 g/mol. The molecule has 1 aromatic carbocycles. The van der Waals surface area contributed by atoms with Crippen LogP contribution < -0.4 is 15.2 Å². The molecule has 1 aromatic heterocycles. The Morgan fingerprint density at radius 3 is 3.04 bits per heavy atom. The van der Waals surface area contributed by atoms with Crippen molar-refractivity contribution in [1.29, 1.82) is 0 Å². The number of hydrogen-bond acceptors (Lipinski definition) is 6. The molecule has 7 heteroatoms. The molecule has 1 amide bonds. The summed E-state index contributed by atoms with van der Waals surface area (Å²) in [5.41, 5.74) is 8.66. The Bertz CT molecular complexity index is 824. The van der Waals surface area contributed by atoms with E-state index in [-0.39, 0.29) is 11.8 Å². The summed E-state index contributed by atoms with van der Waals surface area (Å²) < 4.78 is 11.0. The molecule has 2 aliphatic rings. The minimum absolute atomic E-state index is 0.113. The van der Waals surface area contributed by atoms with E-state index in [9.17, 15) is 4.79 Å². The minimum Gasteiger partial charge on any atom is -0.497 e. The van der Waals surface area contributed by atoms with Crippen LogP contribution in [0.4, 0.5) is 5.82 Å². The molecule has 7 nitrogen and oxygen atoms in total. The Hall–Kier alpha value is -2.83. The number of rotatable bonds is 2. The predicted octanol–water partition coefficient (Wildman–Crippen LogP) is 1.20.